The zero-order valence-corrected chi connectivity index (χ0v) is 17.3. The number of piperidine rings is 1. The lowest BCUT2D eigenvalue weighted by Crippen LogP contribution is -2.44. The number of hydrogen-bond donors (Lipinski definition) is 1. The van der Waals surface area contributed by atoms with Gasteiger partial charge < -0.3 is 15.1 Å². The molecule has 2 N–H and O–H groups in total. The molecule has 0 aliphatic carbocycles. The molecule has 1 saturated heterocycles. The molecule has 158 valence electrons. The van der Waals surface area contributed by atoms with Crippen LogP contribution in [0.15, 0.2) is 39.7 Å². The average Bonchev–Trinajstić information content (AvgIpc) is 3.35. The zero-order valence-electron chi connectivity index (χ0n) is 17.3. The Morgan fingerprint density at radius 1 is 1.26 bits per heavy atom. The average molecular weight is 417 g/mol. The molecule has 1 aliphatic rings. The fraction of sp³-hybridized carbons (Fsp3) is 0.364. The molecule has 0 bridgehead atoms. The molecule has 1 fully saturated rings. The van der Waals surface area contributed by atoms with Gasteiger partial charge in [-0.15, -0.1) is 5.92 Å². The van der Waals surface area contributed by atoms with Crippen LogP contribution in [-0.4, -0.2) is 43.4 Å². The molecule has 9 heteroatoms. The number of nitrogens with zero attached hydrogens (tertiary/aromatic N) is 6. The Morgan fingerprint density at radius 3 is 2.94 bits per heavy atom. The maximum Gasteiger partial charge on any atom is 0.293 e. The van der Waals surface area contributed by atoms with E-state index < -0.39 is 0 Å². The Bertz CT molecular complexity index is 1340. The van der Waals surface area contributed by atoms with Gasteiger partial charge in [0, 0.05) is 19.1 Å². The molecule has 0 spiro atoms. The number of hydrogen-bond acceptors (Lipinski definition) is 7. The van der Waals surface area contributed by atoms with Gasteiger partial charge in [0.25, 0.3) is 5.56 Å². The third-order valence-corrected chi connectivity index (χ3v) is 5.51. The summed E-state index contributed by atoms with van der Waals surface area (Å²) in [6.45, 7) is 3.84. The van der Waals surface area contributed by atoms with Crippen LogP contribution < -0.4 is 16.2 Å². The van der Waals surface area contributed by atoms with Gasteiger partial charge >= 0.3 is 0 Å². The van der Waals surface area contributed by atoms with Crippen molar-refractivity contribution in [1.29, 1.82) is 0 Å². The molecule has 0 radical (unpaired) electrons. The van der Waals surface area contributed by atoms with E-state index in [1.807, 2.05) is 28.8 Å². The molecule has 1 unspecified atom stereocenters. The lowest BCUT2D eigenvalue weighted by molar-refractivity contribution is 0.482. The summed E-state index contributed by atoms with van der Waals surface area (Å²) >= 11 is 0. The van der Waals surface area contributed by atoms with Gasteiger partial charge in [-0.2, -0.15) is 5.10 Å². The smallest absolute Gasteiger partial charge is 0.293 e. The summed E-state index contributed by atoms with van der Waals surface area (Å²) in [6, 6.07) is 7.59. The third-order valence-electron chi connectivity index (χ3n) is 5.51. The number of para-hydroxylation sites is 2. The van der Waals surface area contributed by atoms with Gasteiger partial charge in [0.1, 0.15) is 23.1 Å². The minimum atomic E-state index is -0.252. The number of oxazole rings is 1. The molecule has 0 saturated carbocycles. The molecular formula is C22H23N7O2. The van der Waals surface area contributed by atoms with Crippen LogP contribution in [0.2, 0.25) is 0 Å². The molecule has 9 nitrogen and oxygen atoms in total. The number of anilines is 1. The fourth-order valence-electron chi connectivity index (χ4n) is 4.04. The van der Waals surface area contributed by atoms with Crippen LogP contribution in [-0.2, 0) is 13.1 Å². The highest BCUT2D eigenvalue weighted by Gasteiger charge is 2.24. The molecular weight excluding hydrogens is 394 g/mol. The summed E-state index contributed by atoms with van der Waals surface area (Å²) < 4.78 is 9.00. The van der Waals surface area contributed by atoms with Gasteiger partial charge in [0.15, 0.2) is 5.58 Å². The van der Waals surface area contributed by atoms with Crippen LogP contribution in [0.1, 0.15) is 25.7 Å². The molecule has 31 heavy (non-hydrogen) atoms. The first-order valence-corrected chi connectivity index (χ1v) is 10.3. The van der Waals surface area contributed by atoms with Crippen LogP contribution in [0.3, 0.4) is 0 Å². The number of fused-ring (bicyclic) bond motifs is 2. The van der Waals surface area contributed by atoms with Gasteiger partial charge in [-0.25, -0.2) is 14.6 Å². The summed E-state index contributed by atoms with van der Waals surface area (Å²) in [5.41, 5.74) is 8.37. The van der Waals surface area contributed by atoms with Crippen molar-refractivity contribution in [2.45, 2.75) is 38.9 Å². The monoisotopic (exact) mass is 417 g/mol. The topological polar surface area (TPSA) is 108 Å². The predicted octanol–water partition coefficient (Wildman–Crippen LogP) is 1.73. The first-order valence-electron chi connectivity index (χ1n) is 10.3. The van der Waals surface area contributed by atoms with E-state index >= 15 is 0 Å². The highest BCUT2D eigenvalue weighted by atomic mass is 16.3. The van der Waals surface area contributed by atoms with E-state index in [1.54, 1.807) is 13.1 Å². The van der Waals surface area contributed by atoms with Crippen molar-refractivity contribution in [2.24, 2.45) is 5.73 Å². The van der Waals surface area contributed by atoms with E-state index in [0.29, 0.717) is 41.5 Å². The first-order chi connectivity index (χ1) is 15.1. The lowest BCUT2D eigenvalue weighted by Gasteiger charge is -2.31. The van der Waals surface area contributed by atoms with E-state index in [0.717, 1.165) is 24.9 Å². The van der Waals surface area contributed by atoms with Gasteiger partial charge in [-0.1, -0.05) is 18.1 Å². The number of aromatic nitrogens is 5. The Balaban J connectivity index is 1.58. The van der Waals surface area contributed by atoms with Crippen molar-refractivity contribution in [3.05, 3.63) is 46.7 Å². The number of imidazole rings is 1. The van der Waals surface area contributed by atoms with E-state index in [1.165, 1.54) is 4.68 Å². The van der Waals surface area contributed by atoms with Crippen LogP contribution in [0.4, 0.5) is 5.95 Å². The van der Waals surface area contributed by atoms with Crippen molar-refractivity contribution in [3.8, 4) is 11.8 Å². The standard InChI is InChI=1S/C22H23N7O2/c1-2-3-11-28-20-17(26-22(28)27-10-6-7-15(23)13-27)12-24-29(21(20)30)14-19-25-16-8-4-5-9-18(16)31-19/h4-5,8-9,12,15H,6-7,10-11,13-14,23H2,1H3. The van der Waals surface area contributed by atoms with E-state index in [2.05, 4.69) is 26.8 Å². The Kier molecular flexibility index (Phi) is 4.92. The zero-order chi connectivity index (χ0) is 21.4. The van der Waals surface area contributed by atoms with Gasteiger partial charge in [-0.3, -0.25) is 9.36 Å². The lowest BCUT2D eigenvalue weighted by atomic mass is 10.1. The quantitative estimate of drug-likeness (QED) is 0.504. The molecule has 1 atom stereocenters. The van der Waals surface area contributed by atoms with Crippen LogP contribution >= 0.6 is 0 Å². The van der Waals surface area contributed by atoms with Crippen molar-refractivity contribution in [1.82, 2.24) is 24.3 Å². The van der Waals surface area contributed by atoms with Crippen molar-refractivity contribution in [3.63, 3.8) is 0 Å². The maximum absolute atomic E-state index is 13.4. The predicted molar refractivity (Wildman–Crippen MR) is 118 cm³/mol. The largest absolute Gasteiger partial charge is 0.439 e. The van der Waals surface area contributed by atoms with Crippen molar-refractivity contribution >= 4 is 28.1 Å². The minimum absolute atomic E-state index is 0.0909. The second-order valence-electron chi connectivity index (χ2n) is 7.69. The highest BCUT2D eigenvalue weighted by molar-refractivity contribution is 5.77. The molecule has 4 heterocycles. The number of nitrogens with two attached hydrogens (primary N) is 1. The molecule has 0 amide bonds. The Hall–Kier alpha value is -3.64. The summed E-state index contributed by atoms with van der Waals surface area (Å²) in [7, 11) is 0. The van der Waals surface area contributed by atoms with Crippen LogP contribution in [0, 0.1) is 11.8 Å². The minimum Gasteiger partial charge on any atom is -0.439 e. The van der Waals surface area contributed by atoms with E-state index in [4.69, 9.17) is 15.1 Å². The summed E-state index contributed by atoms with van der Waals surface area (Å²) in [5, 5.41) is 4.32. The second-order valence-corrected chi connectivity index (χ2v) is 7.69. The summed E-state index contributed by atoms with van der Waals surface area (Å²) in [6.07, 6.45) is 3.59. The fourth-order valence-corrected chi connectivity index (χ4v) is 4.04. The van der Waals surface area contributed by atoms with Crippen molar-refractivity contribution in [2.75, 3.05) is 18.0 Å². The summed E-state index contributed by atoms with van der Waals surface area (Å²) in [5.74, 6) is 7.11. The summed E-state index contributed by atoms with van der Waals surface area (Å²) in [4.78, 5) is 24.7. The first kappa shape index (κ1) is 19.3. The van der Waals surface area contributed by atoms with Gasteiger partial charge in [0.05, 0.1) is 12.7 Å². The van der Waals surface area contributed by atoms with Gasteiger partial charge in [0.2, 0.25) is 11.8 Å². The molecule has 4 aromatic rings. The third kappa shape index (κ3) is 3.55. The Morgan fingerprint density at radius 2 is 2.13 bits per heavy atom. The SMILES string of the molecule is CC#CCn1c(N2CCCC(N)C2)nc2cnn(Cc3nc4ccccc4o3)c(=O)c21. The number of benzene rings is 1. The van der Waals surface area contributed by atoms with Crippen LogP contribution in [0.5, 0.6) is 0 Å². The Labute approximate surface area is 178 Å². The van der Waals surface area contributed by atoms with Crippen LogP contribution in [0.25, 0.3) is 22.1 Å². The van der Waals surface area contributed by atoms with E-state index in [9.17, 15) is 4.79 Å². The molecule has 1 aromatic carbocycles. The van der Waals surface area contributed by atoms with E-state index in [-0.39, 0.29) is 18.1 Å². The molecule has 5 rings (SSSR count). The van der Waals surface area contributed by atoms with Crippen molar-refractivity contribution < 1.29 is 4.42 Å². The normalized spacial score (nSPS) is 16.6. The molecule has 3 aromatic heterocycles. The second kappa shape index (κ2) is 7.89. The molecule has 1 aliphatic heterocycles. The van der Waals surface area contributed by atoms with Gasteiger partial charge in [-0.05, 0) is 31.9 Å². The number of rotatable bonds is 4. The maximum atomic E-state index is 13.4. The highest BCUT2D eigenvalue weighted by Crippen LogP contribution is 2.23.